The van der Waals surface area contributed by atoms with Gasteiger partial charge in [0.25, 0.3) is 0 Å². The second-order valence-corrected chi connectivity index (χ2v) is 8.97. The Kier molecular flexibility index (Phi) is 6.01. The van der Waals surface area contributed by atoms with Gasteiger partial charge in [-0.2, -0.15) is 0 Å². The van der Waals surface area contributed by atoms with Gasteiger partial charge in [0.05, 0.1) is 17.0 Å². The molecule has 2 aliphatic rings. The first-order valence-corrected chi connectivity index (χ1v) is 11.2. The number of nitrogens with one attached hydrogen (secondary N) is 2. The fourth-order valence-corrected chi connectivity index (χ4v) is 4.78. The van der Waals surface area contributed by atoms with E-state index < -0.39 is 0 Å². The summed E-state index contributed by atoms with van der Waals surface area (Å²) in [5.74, 6) is 1.18. The van der Waals surface area contributed by atoms with Crippen LogP contribution < -0.4 is 10.2 Å². The summed E-state index contributed by atoms with van der Waals surface area (Å²) in [5, 5.41) is 3.36. The zero-order chi connectivity index (χ0) is 18.6. The Morgan fingerprint density at radius 3 is 2.70 bits per heavy atom. The van der Waals surface area contributed by atoms with Crippen molar-refractivity contribution in [1.29, 1.82) is 0 Å². The quantitative estimate of drug-likeness (QED) is 0.733. The first-order chi connectivity index (χ1) is 13.2. The maximum absolute atomic E-state index is 12.9. The molecule has 2 fully saturated rings. The lowest BCUT2D eigenvalue weighted by Crippen LogP contribution is -2.46. The molecule has 0 unspecified atom stereocenters. The van der Waals surface area contributed by atoms with Crippen molar-refractivity contribution < 1.29 is 4.79 Å². The van der Waals surface area contributed by atoms with Gasteiger partial charge in [0.2, 0.25) is 11.9 Å². The fraction of sp³-hybridized carbons (Fsp3) is 0.619. The second kappa shape index (κ2) is 8.63. The van der Waals surface area contributed by atoms with Crippen molar-refractivity contribution in [2.45, 2.75) is 63.8 Å². The standard InChI is InChI=1S/C21H29BrN4O/c22-16-10-11-18-19(13-16)25-21(24-18)26-12-6-7-15(14-26)20(27)23-17-8-4-2-1-3-5-9-17/h10-11,13,15,17H,1-9,12,14H2,(H,23,27)(H,24,25)/t15-/m1/s1. The van der Waals surface area contributed by atoms with Crippen LogP contribution in [0.15, 0.2) is 22.7 Å². The maximum atomic E-state index is 12.9. The minimum Gasteiger partial charge on any atom is -0.353 e. The lowest BCUT2D eigenvalue weighted by atomic mass is 9.94. The lowest BCUT2D eigenvalue weighted by Gasteiger charge is -2.33. The van der Waals surface area contributed by atoms with E-state index in [-0.39, 0.29) is 11.8 Å². The van der Waals surface area contributed by atoms with Crippen molar-refractivity contribution in [2.75, 3.05) is 18.0 Å². The van der Waals surface area contributed by atoms with E-state index in [4.69, 9.17) is 4.98 Å². The van der Waals surface area contributed by atoms with Crippen molar-refractivity contribution >= 4 is 38.8 Å². The van der Waals surface area contributed by atoms with Crippen LogP contribution >= 0.6 is 15.9 Å². The summed E-state index contributed by atoms with van der Waals surface area (Å²) < 4.78 is 1.04. The third kappa shape index (κ3) is 4.65. The Bertz CT molecular complexity index is 782. The Morgan fingerprint density at radius 1 is 1.11 bits per heavy atom. The number of nitrogens with zero attached hydrogens (tertiary/aromatic N) is 2. The Hall–Kier alpha value is -1.56. The highest BCUT2D eigenvalue weighted by Gasteiger charge is 2.28. The summed E-state index contributed by atoms with van der Waals surface area (Å²) in [6.45, 7) is 1.70. The minimum absolute atomic E-state index is 0.0594. The molecule has 5 nitrogen and oxygen atoms in total. The molecule has 1 amide bonds. The average Bonchev–Trinajstić information content (AvgIpc) is 3.07. The number of amides is 1. The van der Waals surface area contributed by atoms with E-state index >= 15 is 0 Å². The Morgan fingerprint density at radius 2 is 1.89 bits per heavy atom. The first kappa shape index (κ1) is 18.8. The summed E-state index contributed by atoms with van der Waals surface area (Å²) in [6.07, 6.45) is 10.8. The lowest BCUT2D eigenvalue weighted by molar-refractivity contribution is -0.126. The zero-order valence-electron chi connectivity index (χ0n) is 15.8. The molecule has 2 aromatic rings. The molecule has 1 aromatic carbocycles. The van der Waals surface area contributed by atoms with Crippen LogP contribution in [0.2, 0.25) is 0 Å². The summed E-state index contributed by atoms with van der Waals surface area (Å²) in [5.41, 5.74) is 2.00. The molecule has 0 radical (unpaired) electrons. The second-order valence-electron chi connectivity index (χ2n) is 8.06. The highest BCUT2D eigenvalue weighted by atomic mass is 79.9. The van der Waals surface area contributed by atoms with Gasteiger partial charge >= 0.3 is 0 Å². The molecule has 1 aliphatic heterocycles. The number of fused-ring (bicyclic) bond motifs is 1. The number of carbonyl (C=O) groups is 1. The van der Waals surface area contributed by atoms with Crippen molar-refractivity contribution in [3.8, 4) is 0 Å². The largest absolute Gasteiger partial charge is 0.353 e. The molecule has 0 bridgehead atoms. The molecule has 6 heteroatoms. The summed E-state index contributed by atoms with van der Waals surface area (Å²) in [7, 11) is 0. The number of aromatic nitrogens is 2. The number of H-pyrrole nitrogens is 1. The Labute approximate surface area is 169 Å². The monoisotopic (exact) mass is 432 g/mol. The normalized spacial score (nSPS) is 22.4. The van der Waals surface area contributed by atoms with Crippen molar-refractivity contribution in [2.24, 2.45) is 5.92 Å². The Balaban J connectivity index is 1.39. The molecule has 1 saturated carbocycles. The van der Waals surface area contributed by atoms with Gasteiger partial charge in [0.15, 0.2) is 0 Å². The minimum atomic E-state index is 0.0594. The smallest absolute Gasteiger partial charge is 0.225 e. The van der Waals surface area contributed by atoms with Crippen molar-refractivity contribution in [3.63, 3.8) is 0 Å². The fourth-order valence-electron chi connectivity index (χ4n) is 4.42. The number of halogens is 1. The van der Waals surface area contributed by atoms with Crippen molar-refractivity contribution in [1.82, 2.24) is 15.3 Å². The van der Waals surface area contributed by atoms with E-state index in [1.165, 1.54) is 32.1 Å². The van der Waals surface area contributed by atoms with E-state index in [1.807, 2.05) is 12.1 Å². The highest BCUT2D eigenvalue weighted by molar-refractivity contribution is 9.10. The van der Waals surface area contributed by atoms with Crippen LogP contribution in [-0.2, 0) is 4.79 Å². The molecule has 1 saturated heterocycles. The van der Waals surface area contributed by atoms with Gasteiger partial charge in [-0.3, -0.25) is 4.79 Å². The predicted molar refractivity (Wildman–Crippen MR) is 113 cm³/mol. The van der Waals surface area contributed by atoms with Crippen LogP contribution in [-0.4, -0.2) is 35.0 Å². The number of anilines is 1. The third-order valence-corrected chi connectivity index (χ3v) is 6.47. The van der Waals surface area contributed by atoms with Gasteiger partial charge in [0.1, 0.15) is 0 Å². The number of hydrogen-bond donors (Lipinski definition) is 2. The predicted octanol–water partition coefficient (Wildman–Crippen LogP) is 4.77. The van der Waals surface area contributed by atoms with Crippen LogP contribution in [0, 0.1) is 5.92 Å². The SMILES string of the molecule is O=C(NC1CCCCCCC1)[C@@H]1CCCN(c2nc3ccc(Br)cc3[nH]2)C1. The molecule has 2 N–H and O–H groups in total. The van der Waals surface area contributed by atoms with Crippen molar-refractivity contribution in [3.05, 3.63) is 22.7 Å². The van der Waals surface area contributed by atoms with Gasteiger partial charge in [-0.25, -0.2) is 4.98 Å². The molecule has 146 valence electrons. The summed E-state index contributed by atoms with van der Waals surface area (Å²) in [4.78, 5) is 23.3. The number of imidazole rings is 1. The van der Waals surface area contributed by atoms with Crippen LogP contribution in [0.3, 0.4) is 0 Å². The number of piperidine rings is 1. The number of carbonyl (C=O) groups excluding carboxylic acids is 1. The topological polar surface area (TPSA) is 61.0 Å². The van der Waals surface area contributed by atoms with E-state index in [1.54, 1.807) is 0 Å². The third-order valence-electron chi connectivity index (χ3n) is 5.97. The number of hydrogen-bond acceptors (Lipinski definition) is 3. The van der Waals surface area contributed by atoms with Crippen LogP contribution in [0.1, 0.15) is 57.8 Å². The van der Waals surface area contributed by atoms with Crippen LogP contribution in [0.25, 0.3) is 11.0 Å². The average molecular weight is 433 g/mol. The molecular weight excluding hydrogens is 404 g/mol. The number of benzene rings is 1. The van der Waals surface area contributed by atoms with Crippen LogP contribution in [0.5, 0.6) is 0 Å². The number of aromatic amines is 1. The molecule has 27 heavy (non-hydrogen) atoms. The molecule has 4 rings (SSSR count). The highest BCUT2D eigenvalue weighted by Crippen LogP contribution is 2.26. The van der Waals surface area contributed by atoms with Gasteiger partial charge in [0, 0.05) is 23.6 Å². The van der Waals surface area contributed by atoms with E-state index in [9.17, 15) is 4.79 Å². The van der Waals surface area contributed by atoms with Gasteiger partial charge in [-0.1, -0.05) is 48.0 Å². The van der Waals surface area contributed by atoms with Gasteiger partial charge in [-0.05, 0) is 43.9 Å². The summed E-state index contributed by atoms with van der Waals surface area (Å²) in [6, 6.07) is 6.45. The van der Waals surface area contributed by atoms with E-state index in [0.717, 1.165) is 60.2 Å². The molecular formula is C21H29BrN4O. The summed E-state index contributed by atoms with van der Waals surface area (Å²) >= 11 is 3.51. The van der Waals surface area contributed by atoms with Crippen LogP contribution in [0.4, 0.5) is 5.95 Å². The zero-order valence-corrected chi connectivity index (χ0v) is 17.4. The first-order valence-electron chi connectivity index (χ1n) is 10.4. The van der Waals surface area contributed by atoms with E-state index in [0.29, 0.717) is 6.04 Å². The molecule has 1 aliphatic carbocycles. The van der Waals surface area contributed by atoms with Gasteiger partial charge in [-0.15, -0.1) is 0 Å². The van der Waals surface area contributed by atoms with E-state index in [2.05, 4.69) is 37.2 Å². The molecule has 1 aromatic heterocycles. The molecule has 2 heterocycles. The number of rotatable bonds is 3. The van der Waals surface area contributed by atoms with Gasteiger partial charge < -0.3 is 15.2 Å². The maximum Gasteiger partial charge on any atom is 0.225 e. The molecule has 1 atom stereocenters. The molecule has 0 spiro atoms.